The Kier molecular flexibility index (Phi) is 6.88. The van der Waals surface area contributed by atoms with Gasteiger partial charge in [-0.2, -0.15) is 9.97 Å². The highest BCUT2D eigenvalue weighted by Gasteiger charge is 2.33. The van der Waals surface area contributed by atoms with E-state index in [0.717, 1.165) is 58.4 Å². The molecule has 1 amide bonds. The molecule has 40 heavy (non-hydrogen) atoms. The molecule has 9 nitrogen and oxygen atoms in total. The van der Waals surface area contributed by atoms with Crippen molar-refractivity contribution < 1.29 is 14.6 Å². The lowest BCUT2D eigenvalue weighted by molar-refractivity contribution is -0.126. The van der Waals surface area contributed by atoms with Crippen LogP contribution in [-0.2, 0) is 31.3 Å². The van der Waals surface area contributed by atoms with Gasteiger partial charge in [-0.1, -0.05) is 30.8 Å². The molecule has 2 aromatic heterocycles. The van der Waals surface area contributed by atoms with Crippen LogP contribution in [0.3, 0.4) is 0 Å². The number of hydrogen-bond donors (Lipinski definition) is 1. The van der Waals surface area contributed by atoms with E-state index in [0.29, 0.717) is 25.6 Å². The number of ether oxygens (including phenoxy) is 1. The molecule has 206 valence electrons. The molecule has 0 saturated carbocycles. The van der Waals surface area contributed by atoms with Gasteiger partial charge in [0, 0.05) is 44.5 Å². The highest BCUT2D eigenvalue weighted by molar-refractivity contribution is 5.88. The molecule has 2 atom stereocenters. The van der Waals surface area contributed by atoms with Crippen LogP contribution in [0.4, 0.5) is 5.82 Å². The van der Waals surface area contributed by atoms with Crippen LogP contribution < -0.4 is 9.64 Å². The van der Waals surface area contributed by atoms with Crippen LogP contribution in [0.2, 0.25) is 0 Å². The number of aryl methyl sites for hydroxylation is 1. The molecule has 3 heterocycles. The minimum atomic E-state index is -0.0446. The number of piperazine rings is 1. The molecule has 0 radical (unpaired) electrons. The largest absolute Gasteiger partial charge is 0.508 e. The number of anilines is 1. The Morgan fingerprint density at radius 1 is 1.23 bits per heavy atom. The van der Waals surface area contributed by atoms with Gasteiger partial charge in [-0.3, -0.25) is 4.79 Å². The van der Waals surface area contributed by atoms with Gasteiger partial charge in [-0.25, -0.2) is 4.98 Å². The van der Waals surface area contributed by atoms with Gasteiger partial charge in [-0.15, -0.1) is 0 Å². The number of benzene rings is 2. The van der Waals surface area contributed by atoms with Crippen LogP contribution in [0.1, 0.15) is 41.8 Å². The Morgan fingerprint density at radius 3 is 2.85 bits per heavy atom. The molecule has 6 rings (SSSR count). The van der Waals surface area contributed by atoms with Crippen molar-refractivity contribution in [2.75, 3.05) is 24.5 Å². The van der Waals surface area contributed by atoms with Crippen LogP contribution in [0, 0.1) is 0 Å². The maximum absolute atomic E-state index is 12.3. The lowest BCUT2D eigenvalue weighted by atomic mass is 9.80. The molecule has 1 aliphatic carbocycles. The molecular formula is C31H34N6O3. The summed E-state index contributed by atoms with van der Waals surface area (Å²) in [5.74, 6) is 1.33. The molecule has 2 unspecified atom stereocenters. The first kappa shape index (κ1) is 25.9. The topological polar surface area (TPSA) is 96.6 Å². The van der Waals surface area contributed by atoms with Gasteiger partial charge in [0.15, 0.2) is 0 Å². The molecule has 4 aromatic rings. The lowest BCUT2D eigenvalue weighted by Crippen LogP contribution is -2.54. The molecule has 2 aliphatic rings. The summed E-state index contributed by atoms with van der Waals surface area (Å²) in [5.41, 5.74) is 4.06. The first-order valence-electron chi connectivity index (χ1n) is 13.8. The van der Waals surface area contributed by atoms with Crippen molar-refractivity contribution in [2.45, 2.75) is 44.8 Å². The Balaban J connectivity index is 1.35. The smallest absolute Gasteiger partial charge is 0.318 e. The predicted octanol–water partition coefficient (Wildman–Crippen LogP) is 4.14. The van der Waals surface area contributed by atoms with Crippen molar-refractivity contribution in [3.8, 4) is 11.8 Å². The van der Waals surface area contributed by atoms with Crippen LogP contribution >= 0.6 is 0 Å². The second-order valence-corrected chi connectivity index (χ2v) is 10.8. The molecular weight excluding hydrogens is 504 g/mol. The fourth-order valence-electron chi connectivity index (χ4n) is 6.08. The lowest BCUT2D eigenvalue weighted by Gasteiger charge is -2.41. The number of hydrogen-bond acceptors (Lipinski definition) is 7. The van der Waals surface area contributed by atoms with Crippen molar-refractivity contribution in [3.63, 3.8) is 0 Å². The fraction of sp³-hybridized carbons (Fsp3) is 0.355. The standard InChI is InChI=1S/C31H34N6O3/c1-4-29(39)36-11-12-37(20(2)16-36)30-26-10-9-22(27-15-24(38)13-21-7-5-6-8-25(21)27)14-28(26)33-31(34-30)40-18-23-17-35(3)19-32-23/h4-8,13,15,17,19-20,22,38H,1,9-12,14,16,18H2,2-3H3. The second-order valence-electron chi connectivity index (χ2n) is 10.8. The van der Waals surface area contributed by atoms with E-state index in [1.54, 1.807) is 6.33 Å². The van der Waals surface area contributed by atoms with Crippen LogP contribution in [0.25, 0.3) is 10.8 Å². The average Bonchev–Trinajstić information content (AvgIpc) is 3.39. The summed E-state index contributed by atoms with van der Waals surface area (Å²) in [4.78, 5) is 30.6. The van der Waals surface area contributed by atoms with E-state index < -0.39 is 0 Å². The van der Waals surface area contributed by atoms with E-state index in [4.69, 9.17) is 14.7 Å². The molecule has 1 N–H and O–H groups in total. The molecule has 0 spiro atoms. The summed E-state index contributed by atoms with van der Waals surface area (Å²) in [5, 5.41) is 12.7. The number of aromatic hydroxyl groups is 1. The minimum Gasteiger partial charge on any atom is -0.508 e. The van der Waals surface area contributed by atoms with Crippen molar-refractivity contribution in [1.29, 1.82) is 0 Å². The van der Waals surface area contributed by atoms with Crippen LogP contribution in [0.15, 0.2) is 61.6 Å². The zero-order chi connectivity index (χ0) is 27.8. The highest BCUT2D eigenvalue weighted by atomic mass is 16.5. The van der Waals surface area contributed by atoms with Crippen molar-refractivity contribution in [1.82, 2.24) is 24.4 Å². The molecule has 1 fully saturated rings. The number of phenols is 1. The number of nitrogens with zero attached hydrogens (tertiary/aromatic N) is 6. The van der Waals surface area contributed by atoms with Crippen LogP contribution in [-0.4, -0.2) is 61.1 Å². The van der Waals surface area contributed by atoms with Crippen molar-refractivity contribution in [3.05, 3.63) is 84.1 Å². The molecule has 1 saturated heterocycles. The van der Waals surface area contributed by atoms with E-state index >= 15 is 0 Å². The average molecular weight is 539 g/mol. The maximum atomic E-state index is 12.3. The number of carbonyl (C=O) groups is 1. The van der Waals surface area contributed by atoms with Gasteiger partial charge in [0.1, 0.15) is 18.2 Å². The van der Waals surface area contributed by atoms with Gasteiger partial charge < -0.3 is 24.2 Å². The van der Waals surface area contributed by atoms with Gasteiger partial charge in [-0.05, 0) is 66.6 Å². The predicted molar refractivity (Wildman–Crippen MR) is 154 cm³/mol. The number of carbonyl (C=O) groups excluding carboxylic acids is 1. The van der Waals surface area contributed by atoms with E-state index in [-0.39, 0.29) is 30.2 Å². The summed E-state index contributed by atoms with van der Waals surface area (Å²) in [6, 6.07) is 12.3. The fourth-order valence-corrected chi connectivity index (χ4v) is 6.08. The number of aromatic nitrogens is 4. The van der Waals surface area contributed by atoms with Crippen LogP contribution in [0.5, 0.6) is 11.8 Å². The Labute approximate surface area is 233 Å². The Morgan fingerprint density at radius 2 is 2.08 bits per heavy atom. The van der Waals surface area contributed by atoms with Crippen molar-refractivity contribution in [2.24, 2.45) is 7.05 Å². The van der Waals surface area contributed by atoms with Gasteiger partial charge in [0.25, 0.3) is 0 Å². The third-order valence-electron chi connectivity index (χ3n) is 8.04. The number of phenolic OH excluding ortho intramolecular Hbond substituents is 1. The number of imidazole rings is 1. The summed E-state index contributed by atoms with van der Waals surface area (Å²) < 4.78 is 7.99. The third-order valence-corrected chi connectivity index (χ3v) is 8.04. The highest BCUT2D eigenvalue weighted by Crippen LogP contribution is 2.40. The SMILES string of the molecule is C=CC(=O)N1CCN(c2nc(OCc3cn(C)cn3)nc3c2CCC(c2cc(O)cc4ccccc24)C3)C(C)C1. The molecule has 0 bridgehead atoms. The number of fused-ring (bicyclic) bond motifs is 2. The Bertz CT molecular complexity index is 1580. The minimum absolute atomic E-state index is 0.0446. The second kappa shape index (κ2) is 10.6. The quantitative estimate of drug-likeness (QED) is 0.369. The monoisotopic (exact) mass is 538 g/mol. The number of rotatable bonds is 6. The zero-order valence-corrected chi connectivity index (χ0v) is 23.0. The zero-order valence-electron chi connectivity index (χ0n) is 23.0. The van der Waals surface area contributed by atoms with Gasteiger partial charge in [0.2, 0.25) is 5.91 Å². The molecule has 9 heteroatoms. The number of amides is 1. The first-order valence-corrected chi connectivity index (χ1v) is 13.8. The van der Waals surface area contributed by atoms with Gasteiger partial charge in [0.05, 0.1) is 17.7 Å². The third kappa shape index (κ3) is 4.99. The first-order chi connectivity index (χ1) is 19.4. The van der Waals surface area contributed by atoms with E-state index in [1.807, 2.05) is 53.0 Å². The van der Waals surface area contributed by atoms with Gasteiger partial charge >= 0.3 is 6.01 Å². The van der Waals surface area contributed by atoms with E-state index in [9.17, 15) is 9.90 Å². The maximum Gasteiger partial charge on any atom is 0.318 e. The summed E-state index contributed by atoms with van der Waals surface area (Å²) in [7, 11) is 1.92. The normalized spacial score (nSPS) is 18.9. The van der Waals surface area contributed by atoms with E-state index in [2.05, 4.69) is 29.5 Å². The van der Waals surface area contributed by atoms with E-state index in [1.165, 1.54) is 6.08 Å². The summed E-state index contributed by atoms with van der Waals surface area (Å²) in [6.07, 6.45) is 7.51. The molecule has 1 aliphatic heterocycles. The summed E-state index contributed by atoms with van der Waals surface area (Å²) >= 11 is 0. The molecule has 2 aromatic carbocycles. The summed E-state index contributed by atoms with van der Waals surface area (Å²) in [6.45, 7) is 7.92. The Hall–Kier alpha value is -4.40. The van der Waals surface area contributed by atoms with Crippen molar-refractivity contribution >= 4 is 22.5 Å².